The Labute approximate surface area is 184 Å². The molecule has 0 atom stereocenters. The van der Waals surface area contributed by atoms with Crippen molar-refractivity contribution < 1.29 is 26.3 Å². The molecule has 1 aliphatic carbocycles. The molecule has 176 valence electrons. The van der Waals surface area contributed by atoms with Crippen molar-refractivity contribution in [2.45, 2.75) is 57.4 Å². The van der Waals surface area contributed by atoms with Crippen LogP contribution in [0.2, 0.25) is 0 Å². The minimum Gasteiger partial charge on any atom is -0.291 e. The number of rotatable bonds is 4. The Bertz CT molecular complexity index is 1210. The van der Waals surface area contributed by atoms with Crippen LogP contribution in [0.15, 0.2) is 35.4 Å². The Hall–Kier alpha value is -2.98. The highest BCUT2D eigenvalue weighted by Gasteiger charge is 2.38. The maximum atomic E-state index is 13.7. The van der Waals surface area contributed by atoms with Crippen LogP contribution in [0.5, 0.6) is 0 Å². The summed E-state index contributed by atoms with van der Waals surface area (Å²) in [5.74, 6) is -0.174. The Kier molecular flexibility index (Phi) is 6.15. The van der Waals surface area contributed by atoms with Crippen molar-refractivity contribution in [2.75, 3.05) is 0 Å². The molecule has 1 aliphatic rings. The number of aromatic nitrogens is 4. The van der Waals surface area contributed by atoms with Gasteiger partial charge in [-0.15, -0.1) is 0 Å². The number of nitrogens with zero attached hydrogens (tertiary/aromatic N) is 4. The molecule has 0 saturated heterocycles. The molecule has 1 fully saturated rings. The van der Waals surface area contributed by atoms with Crippen LogP contribution >= 0.6 is 0 Å². The Morgan fingerprint density at radius 1 is 0.939 bits per heavy atom. The van der Waals surface area contributed by atoms with Gasteiger partial charge in [-0.25, -0.2) is 4.98 Å². The molecule has 11 heteroatoms. The highest BCUT2D eigenvalue weighted by Crippen LogP contribution is 2.37. The second kappa shape index (κ2) is 8.75. The quantitative estimate of drug-likeness (QED) is 0.448. The molecular weight excluding hydrogens is 450 g/mol. The van der Waals surface area contributed by atoms with Gasteiger partial charge >= 0.3 is 12.4 Å². The van der Waals surface area contributed by atoms with Crippen LogP contribution in [0.4, 0.5) is 26.3 Å². The molecule has 3 aromatic heterocycles. The molecule has 0 radical (unpaired) electrons. The maximum absolute atomic E-state index is 13.7. The lowest BCUT2D eigenvalue weighted by molar-refractivity contribution is -0.140. The fraction of sp³-hybridized carbons (Fsp3) is 0.455. The second-order valence-electron chi connectivity index (χ2n) is 8.13. The summed E-state index contributed by atoms with van der Waals surface area (Å²) in [5, 5.41) is -0.762. The molecule has 0 aliphatic heterocycles. The van der Waals surface area contributed by atoms with Gasteiger partial charge in [-0.3, -0.25) is 19.3 Å². The molecule has 0 N–H and O–H groups in total. The standard InChI is InChI=1S/C22H20F6N4O/c23-21(24,25)14-7-4-10-29-17(14)19-31-15-8-11-30-18(22(26,27)28)16(15)20(33)32(19)12-9-13-5-2-1-3-6-13/h4,7-8,10-11,13H,1-3,5-6,9,12H2. The lowest BCUT2D eigenvalue weighted by Crippen LogP contribution is -2.28. The number of fused-ring (bicyclic) bond motifs is 1. The van der Waals surface area contributed by atoms with Gasteiger partial charge in [0.15, 0.2) is 11.5 Å². The van der Waals surface area contributed by atoms with Gasteiger partial charge in [-0.1, -0.05) is 32.1 Å². The van der Waals surface area contributed by atoms with Crippen LogP contribution < -0.4 is 5.56 Å². The first-order valence-electron chi connectivity index (χ1n) is 10.6. The van der Waals surface area contributed by atoms with Gasteiger partial charge in [0.2, 0.25) is 0 Å². The number of hydrogen-bond acceptors (Lipinski definition) is 4. The van der Waals surface area contributed by atoms with Crippen molar-refractivity contribution in [1.82, 2.24) is 19.5 Å². The molecule has 3 heterocycles. The highest BCUT2D eigenvalue weighted by molar-refractivity contribution is 5.82. The van der Waals surface area contributed by atoms with E-state index in [1.165, 1.54) is 0 Å². The summed E-state index contributed by atoms with van der Waals surface area (Å²) in [6.45, 7) is -0.0676. The third-order valence-electron chi connectivity index (χ3n) is 5.95. The van der Waals surface area contributed by atoms with E-state index in [0.717, 1.165) is 67.3 Å². The minimum atomic E-state index is -4.93. The third-order valence-corrected chi connectivity index (χ3v) is 5.95. The zero-order valence-corrected chi connectivity index (χ0v) is 17.4. The van der Waals surface area contributed by atoms with E-state index in [0.29, 0.717) is 6.42 Å². The molecule has 5 nitrogen and oxygen atoms in total. The molecule has 4 rings (SSSR count). The van der Waals surface area contributed by atoms with Crippen molar-refractivity contribution in [2.24, 2.45) is 5.92 Å². The summed E-state index contributed by atoms with van der Waals surface area (Å²) >= 11 is 0. The average molecular weight is 470 g/mol. The first-order chi connectivity index (χ1) is 15.6. The van der Waals surface area contributed by atoms with E-state index in [1.807, 2.05) is 0 Å². The van der Waals surface area contributed by atoms with Crippen molar-refractivity contribution >= 4 is 10.9 Å². The van der Waals surface area contributed by atoms with E-state index in [-0.39, 0.29) is 18.0 Å². The summed E-state index contributed by atoms with van der Waals surface area (Å²) in [6, 6.07) is 2.98. The van der Waals surface area contributed by atoms with Gasteiger partial charge in [0.25, 0.3) is 5.56 Å². The summed E-state index contributed by atoms with van der Waals surface area (Å²) in [7, 11) is 0. The smallest absolute Gasteiger partial charge is 0.291 e. The topological polar surface area (TPSA) is 60.7 Å². The van der Waals surface area contributed by atoms with Gasteiger partial charge in [0.05, 0.1) is 16.5 Å². The number of halogens is 6. The summed E-state index contributed by atoms with van der Waals surface area (Å²) < 4.78 is 82.5. The Morgan fingerprint density at radius 3 is 2.33 bits per heavy atom. The van der Waals surface area contributed by atoms with E-state index in [1.54, 1.807) is 0 Å². The van der Waals surface area contributed by atoms with Gasteiger partial charge in [-0.2, -0.15) is 26.3 Å². The summed E-state index contributed by atoms with van der Waals surface area (Å²) in [4.78, 5) is 24.5. The SMILES string of the molecule is O=c1c2c(C(F)(F)F)nccc2nc(-c2ncccc2C(F)(F)F)n1CCC1CCCCC1. The van der Waals surface area contributed by atoms with Crippen molar-refractivity contribution in [1.29, 1.82) is 0 Å². The molecule has 3 aromatic rings. The Morgan fingerprint density at radius 2 is 1.67 bits per heavy atom. The molecule has 0 spiro atoms. The van der Waals surface area contributed by atoms with Crippen LogP contribution in [-0.4, -0.2) is 19.5 Å². The predicted octanol–water partition coefficient (Wildman–Crippen LogP) is 5.86. The second-order valence-corrected chi connectivity index (χ2v) is 8.13. The van der Waals surface area contributed by atoms with Crippen LogP contribution in [0.25, 0.3) is 22.4 Å². The number of hydrogen-bond donors (Lipinski definition) is 0. The number of pyridine rings is 2. The molecule has 0 unspecified atom stereocenters. The van der Waals surface area contributed by atoms with Gasteiger partial charge in [-0.05, 0) is 30.5 Å². The zero-order chi connectivity index (χ0) is 23.8. The lowest BCUT2D eigenvalue weighted by atomic mass is 9.87. The first-order valence-corrected chi connectivity index (χ1v) is 10.6. The molecule has 0 aromatic carbocycles. The monoisotopic (exact) mass is 470 g/mol. The first kappa shape index (κ1) is 23.2. The normalized spacial score (nSPS) is 15.8. The van der Waals surface area contributed by atoms with Crippen LogP contribution in [0.3, 0.4) is 0 Å². The predicted molar refractivity (Wildman–Crippen MR) is 108 cm³/mol. The van der Waals surface area contributed by atoms with E-state index in [9.17, 15) is 31.1 Å². The number of alkyl halides is 6. The van der Waals surface area contributed by atoms with Gasteiger partial charge in [0, 0.05) is 18.9 Å². The van der Waals surface area contributed by atoms with Crippen molar-refractivity contribution in [3.63, 3.8) is 0 Å². The van der Waals surface area contributed by atoms with Crippen LogP contribution in [-0.2, 0) is 18.9 Å². The van der Waals surface area contributed by atoms with E-state index < -0.39 is 46.1 Å². The van der Waals surface area contributed by atoms with E-state index >= 15 is 0 Å². The van der Waals surface area contributed by atoms with Gasteiger partial charge in [0.1, 0.15) is 5.69 Å². The Balaban J connectivity index is 1.95. The summed E-state index contributed by atoms with van der Waals surface area (Å²) in [5.41, 5.74) is -4.59. The average Bonchev–Trinajstić information content (AvgIpc) is 2.77. The molecule has 0 amide bonds. The highest BCUT2D eigenvalue weighted by atomic mass is 19.4. The maximum Gasteiger partial charge on any atom is 0.434 e. The van der Waals surface area contributed by atoms with Crippen LogP contribution in [0.1, 0.15) is 49.8 Å². The minimum absolute atomic E-state index is 0.0676. The van der Waals surface area contributed by atoms with E-state index in [2.05, 4.69) is 15.0 Å². The van der Waals surface area contributed by atoms with Crippen molar-refractivity contribution in [3.8, 4) is 11.5 Å². The molecular formula is C22H20F6N4O. The third kappa shape index (κ3) is 4.72. The largest absolute Gasteiger partial charge is 0.434 e. The van der Waals surface area contributed by atoms with E-state index in [4.69, 9.17) is 0 Å². The fourth-order valence-corrected chi connectivity index (χ4v) is 4.36. The van der Waals surface area contributed by atoms with Crippen molar-refractivity contribution in [3.05, 3.63) is 52.2 Å². The lowest BCUT2D eigenvalue weighted by Gasteiger charge is -2.23. The zero-order valence-electron chi connectivity index (χ0n) is 17.4. The molecule has 0 bridgehead atoms. The molecule has 1 saturated carbocycles. The van der Waals surface area contributed by atoms with Gasteiger partial charge < -0.3 is 0 Å². The fourth-order valence-electron chi connectivity index (χ4n) is 4.36. The van der Waals surface area contributed by atoms with Crippen LogP contribution in [0, 0.1) is 5.92 Å². The molecule has 33 heavy (non-hydrogen) atoms. The summed E-state index contributed by atoms with van der Waals surface area (Å²) in [6.07, 6.45) is -2.43.